The molecule has 1 aromatic rings. The fourth-order valence-corrected chi connectivity index (χ4v) is 1.89. The van der Waals surface area contributed by atoms with Crippen molar-refractivity contribution in [3.63, 3.8) is 0 Å². The fraction of sp³-hybridized carbons (Fsp3) is 0.538. The molecule has 3 nitrogen and oxygen atoms in total. The molecular formula is C13H20ClNO2. The first-order valence-electron chi connectivity index (χ1n) is 5.79. The van der Waals surface area contributed by atoms with Crippen molar-refractivity contribution in [3.8, 4) is 5.75 Å². The Kier molecular flexibility index (Phi) is 5.25. The highest BCUT2D eigenvalue weighted by molar-refractivity contribution is 6.30. The standard InChI is InChI=1S/C13H20ClNO2/c1-9(2)15(7-10(3)16)8-11-6-12(14)4-5-13(11)17/h4-6,9-10,16-17H,7-8H2,1-3H3. The van der Waals surface area contributed by atoms with Crippen LogP contribution in [-0.4, -0.2) is 33.8 Å². The Balaban J connectivity index is 2.81. The van der Waals surface area contributed by atoms with Crippen LogP contribution >= 0.6 is 11.6 Å². The summed E-state index contributed by atoms with van der Waals surface area (Å²) < 4.78 is 0. The third-order valence-electron chi connectivity index (χ3n) is 2.64. The van der Waals surface area contributed by atoms with E-state index in [0.29, 0.717) is 24.2 Å². The molecule has 0 aliphatic heterocycles. The van der Waals surface area contributed by atoms with Gasteiger partial charge in [0.25, 0.3) is 0 Å². The van der Waals surface area contributed by atoms with Crippen molar-refractivity contribution < 1.29 is 10.2 Å². The lowest BCUT2D eigenvalue weighted by molar-refractivity contribution is 0.102. The van der Waals surface area contributed by atoms with E-state index in [4.69, 9.17) is 11.6 Å². The van der Waals surface area contributed by atoms with E-state index >= 15 is 0 Å². The van der Waals surface area contributed by atoms with Crippen LogP contribution in [0.2, 0.25) is 5.02 Å². The summed E-state index contributed by atoms with van der Waals surface area (Å²) in [6, 6.07) is 5.31. The Morgan fingerprint density at radius 3 is 2.47 bits per heavy atom. The molecule has 0 aromatic heterocycles. The number of nitrogens with zero attached hydrogens (tertiary/aromatic N) is 1. The molecule has 0 fully saturated rings. The van der Waals surface area contributed by atoms with Gasteiger partial charge in [0, 0.05) is 29.7 Å². The van der Waals surface area contributed by atoms with Gasteiger partial charge < -0.3 is 10.2 Å². The summed E-state index contributed by atoms with van der Waals surface area (Å²) in [5.74, 6) is 0.241. The molecule has 0 radical (unpaired) electrons. The minimum absolute atomic E-state index is 0.241. The van der Waals surface area contributed by atoms with Gasteiger partial charge in [-0.3, -0.25) is 4.90 Å². The van der Waals surface area contributed by atoms with E-state index in [1.165, 1.54) is 0 Å². The Hall–Kier alpha value is -0.770. The molecule has 0 aliphatic rings. The molecule has 1 rings (SSSR count). The minimum atomic E-state index is -0.390. The molecule has 17 heavy (non-hydrogen) atoms. The van der Waals surface area contributed by atoms with Gasteiger partial charge in [-0.05, 0) is 39.0 Å². The van der Waals surface area contributed by atoms with Gasteiger partial charge in [-0.1, -0.05) is 11.6 Å². The summed E-state index contributed by atoms with van der Waals surface area (Å²) in [5, 5.41) is 19.8. The van der Waals surface area contributed by atoms with Crippen LogP contribution in [0.1, 0.15) is 26.3 Å². The first-order valence-corrected chi connectivity index (χ1v) is 6.17. The van der Waals surface area contributed by atoms with Crippen molar-refractivity contribution in [3.05, 3.63) is 28.8 Å². The Bertz CT molecular complexity index is 366. The van der Waals surface area contributed by atoms with E-state index in [-0.39, 0.29) is 5.75 Å². The number of rotatable bonds is 5. The van der Waals surface area contributed by atoms with Crippen LogP contribution in [-0.2, 0) is 6.54 Å². The molecule has 1 unspecified atom stereocenters. The van der Waals surface area contributed by atoms with E-state index < -0.39 is 6.10 Å². The fourth-order valence-electron chi connectivity index (χ4n) is 1.70. The van der Waals surface area contributed by atoms with E-state index in [0.717, 1.165) is 5.56 Å². The number of phenolic OH excluding ortho intramolecular Hbond substituents is 1. The van der Waals surface area contributed by atoms with E-state index in [2.05, 4.69) is 18.7 Å². The monoisotopic (exact) mass is 257 g/mol. The van der Waals surface area contributed by atoms with Crippen molar-refractivity contribution in [2.75, 3.05) is 6.54 Å². The highest BCUT2D eigenvalue weighted by atomic mass is 35.5. The van der Waals surface area contributed by atoms with Gasteiger partial charge in [0.2, 0.25) is 0 Å². The Morgan fingerprint density at radius 1 is 1.29 bits per heavy atom. The molecule has 1 atom stereocenters. The number of aliphatic hydroxyl groups is 1. The van der Waals surface area contributed by atoms with Crippen molar-refractivity contribution in [2.45, 2.75) is 39.5 Å². The molecule has 1 aromatic carbocycles. The summed E-state index contributed by atoms with van der Waals surface area (Å²) in [6.07, 6.45) is -0.390. The Labute approximate surface area is 108 Å². The molecule has 0 heterocycles. The number of hydrogen-bond acceptors (Lipinski definition) is 3. The van der Waals surface area contributed by atoms with E-state index in [1.807, 2.05) is 0 Å². The van der Waals surface area contributed by atoms with Gasteiger partial charge in [0.1, 0.15) is 5.75 Å². The zero-order valence-corrected chi connectivity index (χ0v) is 11.3. The summed E-state index contributed by atoms with van der Waals surface area (Å²) in [5.41, 5.74) is 0.784. The topological polar surface area (TPSA) is 43.7 Å². The lowest BCUT2D eigenvalue weighted by atomic mass is 10.1. The molecule has 96 valence electrons. The van der Waals surface area contributed by atoms with Crippen LogP contribution in [0, 0.1) is 0 Å². The second kappa shape index (κ2) is 6.24. The lowest BCUT2D eigenvalue weighted by Crippen LogP contribution is -2.36. The highest BCUT2D eigenvalue weighted by Crippen LogP contribution is 2.23. The first-order chi connectivity index (χ1) is 7.90. The largest absolute Gasteiger partial charge is 0.508 e. The van der Waals surface area contributed by atoms with Crippen LogP contribution in [0.4, 0.5) is 0 Å². The second-order valence-electron chi connectivity index (χ2n) is 4.65. The lowest BCUT2D eigenvalue weighted by Gasteiger charge is -2.28. The third-order valence-corrected chi connectivity index (χ3v) is 2.88. The quantitative estimate of drug-likeness (QED) is 0.852. The van der Waals surface area contributed by atoms with Crippen LogP contribution in [0.5, 0.6) is 5.75 Å². The molecule has 4 heteroatoms. The van der Waals surface area contributed by atoms with Crippen LogP contribution in [0.15, 0.2) is 18.2 Å². The molecule has 0 spiro atoms. The predicted octanol–water partition coefficient (Wildman–Crippen LogP) is 2.64. The first kappa shape index (κ1) is 14.3. The number of phenols is 1. The van der Waals surface area contributed by atoms with Gasteiger partial charge in [0.15, 0.2) is 0 Å². The summed E-state index contributed by atoms with van der Waals surface area (Å²) in [6.45, 7) is 7.03. The van der Waals surface area contributed by atoms with Crippen molar-refractivity contribution >= 4 is 11.6 Å². The summed E-state index contributed by atoms with van der Waals surface area (Å²) in [4.78, 5) is 2.09. The van der Waals surface area contributed by atoms with Gasteiger partial charge in [-0.25, -0.2) is 0 Å². The normalized spacial score (nSPS) is 13.4. The van der Waals surface area contributed by atoms with E-state index in [9.17, 15) is 10.2 Å². The number of aliphatic hydroxyl groups excluding tert-OH is 1. The average molecular weight is 258 g/mol. The maximum absolute atomic E-state index is 9.75. The predicted molar refractivity (Wildman–Crippen MR) is 70.3 cm³/mol. The van der Waals surface area contributed by atoms with Crippen molar-refractivity contribution in [1.82, 2.24) is 4.90 Å². The highest BCUT2D eigenvalue weighted by Gasteiger charge is 2.14. The molecule has 0 saturated heterocycles. The minimum Gasteiger partial charge on any atom is -0.508 e. The molecule has 0 bridgehead atoms. The van der Waals surface area contributed by atoms with Crippen LogP contribution in [0.25, 0.3) is 0 Å². The van der Waals surface area contributed by atoms with Gasteiger partial charge in [0.05, 0.1) is 6.10 Å². The molecule has 0 aliphatic carbocycles. The number of hydrogen-bond donors (Lipinski definition) is 2. The molecule has 0 saturated carbocycles. The average Bonchev–Trinajstić information content (AvgIpc) is 2.21. The van der Waals surface area contributed by atoms with Crippen molar-refractivity contribution in [2.24, 2.45) is 0 Å². The zero-order valence-electron chi connectivity index (χ0n) is 10.5. The Morgan fingerprint density at radius 2 is 1.94 bits per heavy atom. The van der Waals surface area contributed by atoms with Crippen LogP contribution < -0.4 is 0 Å². The van der Waals surface area contributed by atoms with Gasteiger partial charge in [-0.15, -0.1) is 0 Å². The maximum Gasteiger partial charge on any atom is 0.120 e. The number of benzene rings is 1. The summed E-state index contributed by atoms with van der Waals surface area (Å²) in [7, 11) is 0. The van der Waals surface area contributed by atoms with E-state index in [1.54, 1.807) is 25.1 Å². The molecule has 0 amide bonds. The number of aromatic hydroxyl groups is 1. The van der Waals surface area contributed by atoms with Gasteiger partial charge >= 0.3 is 0 Å². The SMILES string of the molecule is CC(O)CN(Cc1cc(Cl)ccc1O)C(C)C. The second-order valence-corrected chi connectivity index (χ2v) is 5.08. The van der Waals surface area contributed by atoms with Gasteiger partial charge in [-0.2, -0.15) is 0 Å². The zero-order chi connectivity index (χ0) is 13.0. The van der Waals surface area contributed by atoms with Crippen LogP contribution in [0.3, 0.4) is 0 Å². The number of halogens is 1. The maximum atomic E-state index is 9.75. The summed E-state index contributed by atoms with van der Waals surface area (Å²) >= 11 is 5.91. The molecular weight excluding hydrogens is 238 g/mol. The third kappa shape index (κ3) is 4.54. The van der Waals surface area contributed by atoms with Crippen molar-refractivity contribution in [1.29, 1.82) is 0 Å². The molecule has 2 N–H and O–H groups in total. The smallest absolute Gasteiger partial charge is 0.120 e.